The van der Waals surface area contributed by atoms with Gasteiger partial charge in [-0.25, -0.2) is 9.37 Å². The summed E-state index contributed by atoms with van der Waals surface area (Å²) in [6.45, 7) is 3.88. The van der Waals surface area contributed by atoms with Crippen molar-refractivity contribution in [3.05, 3.63) is 28.7 Å². The average Bonchev–Trinajstić information content (AvgIpc) is 2.94. The molecule has 0 aromatic carbocycles. The van der Waals surface area contributed by atoms with Crippen molar-refractivity contribution in [2.24, 2.45) is 18.9 Å². The predicted molar refractivity (Wildman–Crippen MR) is 74.3 cm³/mol. The minimum Gasteiger partial charge on any atom is -0.394 e. The second kappa shape index (κ2) is 4.92. The maximum Gasteiger partial charge on any atom is 0.265 e. The monoisotopic (exact) mass is 295 g/mol. The summed E-state index contributed by atoms with van der Waals surface area (Å²) in [4.78, 5) is 16.2. The number of fused-ring (bicyclic) bond motifs is 1. The van der Waals surface area contributed by atoms with E-state index in [0.717, 1.165) is 0 Å². The van der Waals surface area contributed by atoms with Gasteiger partial charge in [-0.2, -0.15) is 0 Å². The first-order chi connectivity index (χ1) is 9.95. The summed E-state index contributed by atoms with van der Waals surface area (Å²) in [5.74, 6) is -0.398. The molecule has 7 heteroatoms. The molecule has 4 atom stereocenters. The van der Waals surface area contributed by atoms with E-state index in [1.165, 1.54) is 24.1 Å². The molecule has 6 nitrogen and oxygen atoms in total. The number of aromatic nitrogens is 3. The lowest BCUT2D eigenvalue weighted by Gasteiger charge is -2.18. The first kappa shape index (κ1) is 14.2. The number of rotatable bonds is 2. The Hall–Kier alpha value is -1.73. The van der Waals surface area contributed by atoms with Crippen molar-refractivity contribution in [3.8, 4) is 0 Å². The Bertz CT molecular complexity index is 739. The van der Waals surface area contributed by atoms with Crippen molar-refractivity contribution < 1.29 is 14.2 Å². The van der Waals surface area contributed by atoms with Crippen molar-refractivity contribution in [1.29, 1.82) is 0 Å². The van der Waals surface area contributed by atoms with Gasteiger partial charge in [0.2, 0.25) is 0 Å². The Balaban J connectivity index is 2.14. The molecule has 2 aromatic heterocycles. The van der Waals surface area contributed by atoms with Crippen LogP contribution >= 0.6 is 0 Å². The van der Waals surface area contributed by atoms with Crippen molar-refractivity contribution in [2.45, 2.75) is 26.2 Å². The van der Waals surface area contributed by atoms with Gasteiger partial charge in [0.25, 0.3) is 5.56 Å². The van der Waals surface area contributed by atoms with Crippen molar-refractivity contribution in [1.82, 2.24) is 14.1 Å². The molecular formula is C14H18FN3O3. The van der Waals surface area contributed by atoms with Crippen LogP contribution in [0.1, 0.15) is 20.1 Å². The zero-order chi connectivity index (χ0) is 15.3. The predicted octanol–water partition coefficient (Wildman–Crippen LogP) is 1.04. The number of nitrogens with zero attached hydrogens (tertiary/aromatic N) is 3. The molecule has 0 amide bonds. The van der Waals surface area contributed by atoms with Crippen LogP contribution in [0.4, 0.5) is 4.39 Å². The smallest absolute Gasteiger partial charge is 0.265 e. The second-order valence-electron chi connectivity index (χ2n) is 5.71. The average molecular weight is 295 g/mol. The molecule has 1 saturated heterocycles. The van der Waals surface area contributed by atoms with Crippen LogP contribution in [0.3, 0.4) is 0 Å². The van der Waals surface area contributed by atoms with Crippen LogP contribution in [0.5, 0.6) is 0 Å². The number of hydrogen-bond acceptors (Lipinski definition) is 4. The van der Waals surface area contributed by atoms with Crippen LogP contribution in [0, 0.1) is 17.7 Å². The molecule has 2 aromatic rings. The van der Waals surface area contributed by atoms with Gasteiger partial charge in [0.1, 0.15) is 11.6 Å². The molecule has 0 radical (unpaired) electrons. The lowest BCUT2D eigenvalue weighted by molar-refractivity contribution is -0.0336. The molecule has 1 N–H and O–H groups in total. The fourth-order valence-corrected chi connectivity index (χ4v) is 2.93. The van der Waals surface area contributed by atoms with Gasteiger partial charge in [0, 0.05) is 19.2 Å². The van der Waals surface area contributed by atoms with Gasteiger partial charge in [-0.15, -0.1) is 0 Å². The summed E-state index contributed by atoms with van der Waals surface area (Å²) in [5, 5.41) is 9.31. The second-order valence-corrected chi connectivity index (χ2v) is 5.71. The summed E-state index contributed by atoms with van der Waals surface area (Å²) in [6.07, 6.45) is 1.89. The molecule has 0 spiro atoms. The lowest BCUT2D eigenvalue weighted by Crippen LogP contribution is -2.19. The highest BCUT2D eigenvalue weighted by atomic mass is 19.1. The number of aryl methyl sites for hydroxylation is 1. The fraction of sp³-hybridized carbons (Fsp3) is 0.571. The lowest BCUT2D eigenvalue weighted by atomic mass is 9.93. The Kier molecular flexibility index (Phi) is 3.33. The molecule has 114 valence electrons. The van der Waals surface area contributed by atoms with Crippen LogP contribution in [-0.2, 0) is 11.8 Å². The van der Waals surface area contributed by atoms with Crippen LogP contribution < -0.4 is 5.56 Å². The van der Waals surface area contributed by atoms with E-state index in [2.05, 4.69) is 4.98 Å². The Labute approximate surface area is 120 Å². The van der Waals surface area contributed by atoms with E-state index in [1.54, 1.807) is 4.57 Å². The van der Waals surface area contributed by atoms with Gasteiger partial charge in [-0.3, -0.25) is 4.79 Å². The highest BCUT2D eigenvalue weighted by molar-refractivity contribution is 5.75. The summed E-state index contributed by atoms with van der Waals surface area (Å²) in [5.41, 5.74) is -0.146. The SMILES string of the molecule is C[C@@H]1C(CO)OC(n2cc(F)c3c(=O)n(C)cnc32)[C@@H]1C. The number of ether oxygens (including phenoxy) is 1. The minimum atomic E-state index is -0.602. The molecule has 0 saturated carbocycles. The zero-order valence-electron chi connectivity index (χ0n) is 12.2. The highest BCUT2D eigenvalue weighted by Gasteiger charge is 2.40. The topological polar surface area (TPSA) is 69.3 Å². The van der Waals surface area contributed by atoms with Gasteiger partial charge >= 0.3 is 0 Å². The van der Waals surface area contributed by atoms with E-state index in [1.807, 2.05) is 13.8 Å². The van der Waals surface area contributed by atoms with Gasteiger partial charge in [-0.1, -0.05) is 13.8 Å². The molecule has 3 heterocycles. The van der Waals surface area contributed by atoms with Crippen LogP contribution in [-0.4, -0.2) is 31.9 Å². The van der Waals surface area contributed by atoms with E-state index in [4.69, 9.17) is 4.74 Å². The van der Waals surface area contributed by atoms with Crippen molar-refractivity contribution >= 4 is 11.0 Å². The molecule has 3 rings (SSSR count). The summed E-state index contributed by atoms with van der Waals surface area (Å²) >= 11 is 0. The van der Waals surface area contributed by atoms with Gasteiger partial charge in [0.15, 0.2) is 11.5 Å². The molecule has 0 aliphatic carbocycles. The third kappa shape index (κ3) is 1.99. The standard InChI is InChI=1S/C14H18FN3O3/c1-7-8(2)14(21-10(7)5-19)18-4-9(15)11-12(18)16-6-17(3)13(11)20/h4,6-8,10,14,19H,5H2,1-3H3/t7-,8+,10?,14?/m0/s1. The normalized spacial score (nSPS) is 29.4. The fourth-order valence-electron chi connectivity index (χ4n) is 2.93. The van der Waals surface area contributed by atoms with E-state index >= 15 is 0 Å². The summed E-state index contributed by atoms with van der Waals surface area (Å²) < 4.78 is 22.7. The molecular weight excluding hydrogens is 277 g/mol. The number of hydrogen-bond donors (Lipinski definition) is 1. The number of aliphatic hydroxyl groups excluding tert-OH is 1. The third-order valence-corrected chi connectivity index (χ3v) is 4.48. The largest absolute Gasteiger partial charge is 0.394 e. The molecule has 1 aliphatic rings. The summed E-state index contributed by atoms with van der Waals surface area (Å²) in [7, 11) is 1.53. The van der Waals surface area contributed by atoms with Crippen molar-refractivity contribution in [3.63, 3.8) is 0 Å². The van der Waals surface area contributed by atoms with Crippen LogP contribution in [0.25, 0.3) is 11.0 Å². The van der Waals surface area contributed by atoms with E-state index in [-0.39, 0.29) is 35.6 Å². The zero-order valence-corrected chi connectivity index (χ0v) is 12.2. The summed E-state index contributed by atoms with van der Waals surface area (Å²) in [6, 6.07) is 0. The van der Waals surface area contributed by atoms with Gasteiger partial charge in [-0.05, 0) is 5.92 Å². The van der Waals surface area contributed by atoms with E-state index in [9.17, 15) is 14.3 Å². The molecule has 1 aliphatic heterocycles. The van der Waals surface area contributed by atoms with Crippen molar-refractivity contribution in [2.75, 3.05) is 6.61 Å². The Morgan fingerprint density at radius 1 is 1.43 bits per heavy atom. The molecule has 0 bridgehead atoms. The Morgan fingerprint density at radius 3 is 2.76 bits per heavy atom. The maximum atomic E-state index is 14.1. The maximum absolute atomic E-state index is 14.1. The third-order valence-electron chi connectivity index (χ3n) is 4.48. The molecule has 21 heavy (non-hydrogen) atoms. The molecule has 2 unspecified atom stereocenters. The van der Waals surface area contributed by atoms with E-state index in [0.29, 0.717) is 0 Å². The van der Waals surface area contributed by atoms with Crippen LogP contribution in [0.15, 0.2) is 17.3 Å². The van der Waals surface area contributed by atoms with Crippen LogP contribution in [0.2, 0.25) is 0 Å². The highest BCUT2D eigenvalue weighted by Crippen LogP contribution is 2.40. The number of aliphatic hydroxyl groups is 1. The van der Waals surface area contributed by atoms with Gasteiger partial charge < -0.3 is 19.0 Å². The van der Waals surface area contributed by atoms with Gasteiger partial charge in [0.05, 0.1) is 19.0 Å². The first-order valence-corrected chi connectivity index (χ1v) is 6.93. The quantitative estimate of drug-likeness (QED) is 0.898. The van der Waals surface area contributed by atoms with E-state index < -0.39 is 17.6 Å². The first-order valence-electron chi connectivity index (χ1n) is 6.93. The molecule has 1 fully saturated rings. The number of halogens is 1. The Morgan fingerprint density at radius 2 is 2.14 bits per heavy atom. The minimum absolute atomic E-state index is 0.0316.